The third kappa shape index (κ3) is 4.89. The van der Waals surface area contributed by atoms with Crippen molar-refractivity contribution in [3.8, 4) is 11.5 Å². The van der Waals surface area contributed by atoms with Crippen molar-refractivity contribution < 1.29 is 19.1 Å². The first-order chi connectivity index (χ1) is 16.1. The first kappa shape index (κ1) is 21.6. The van der Waals surface area contributed by atoms with E-state index in [1.54, 1.807) is 18.5 Å². The summed E-state index contributed by atoms with van der Waals surface area (Å²) in [5.41, 5.74) is 0.344. The maximum Gasteiger partial charge on any atom is 0.257 e. The molecule has 0 bridgehead atoms. The number of rotatable bonds is 6. The first-order valence-corrected chi connectivity index (χ1v) is 11.8. The van der Waals surface area contributed by atoms with Crippen LogP contribution in [0.4, 0.5) is 0 Å². The average molecular weight is 452 g/mol. The van der Waals surface area contributed by atoms with Gasteiger partial charge in [0.05, 0.1) is 0 Å². The Labute approximate surface area is 192 Å². The number of hydrogen-bond donors (Lipinski definition) is 2. The molecule has 174 valence electrons. The van der Waals surface area contributed by atoms with E-state index in [0.717, 1.165) is 44.1 Å². The zero-order valence-electron chi connectivity index (χ0n) is 18.6. The van der Waals surface area contributed by atoms with Crippen LogP contribution in [-0.2, 0) is 6.54 Å². The molecule has 2 N–H and O–H groups in total. The predicted molar refractivity (Wildman–Crippen MR) is 122 cm³/mol. The van der Waals surface area contributed by atoms with Gasteiger partial charge in [0.15, 0.2) is 11.5 Å². The average Bonchev–Trinajstić information content (AvgIpc) is 3.61. The quantitative estimate of drug-likeness (QED) is 0.657. The van der Waals surface area contributed by atoms with E-state index >= 15 is 0 Å². The molecule has 2 aliphatic carbocycles. The second kappa shape index (κ2) is 9.29. The van der Waals surface area contributed by atoms with Gasteiger partial charge in [0.1, 0.15) is 11.1 Å². The molecule has 0 spiro atoms. The van der Waals surface area contributed by atoms with Crippen LogP contribution in [0.5, 0.6) is 11.5 Å². The predicted octanol–water partition coefficient (Wildman–Crippen LogP) is 3.29. The molecule has 3 aliphatic rings. The highest BCUT2D eigenvalue weighted by Crippen LogP contribution is 2.35. The van der Waals surface area contributed by atoms with Gasteiger partial charge < -0.3 is 24.7 Å². The molecule has 33 heavy (non-hydrogen) atoms. The summed E-state index contributed by atoms with van der Waals surface area (Å²) < 4.78 is 12.5. The lowest BCUT2D eigenvalue weighted by Crippen LogP contribution is -2.39. The number of benzene rings is 1. The zero-order chi connectivity index (χ0) is 22.8. The van der Waals surface area contributed by atoms with E-state index in [2.05, 4.69) is 10.6 Å². The van der Waals surface area contributed by atoms with Gasteiger partial charge in [0.2, 0.25) is 12.2 Å². The van der Waals surface area contributed by atoms with Crippen molar-refractivity contribution >= 4 is 11.8 Å². The van der Waals surface area contributed by atoms with Crippen molar-refractivity contribution in [3.63, 3.8) is 0 Å². The highest BCUT2D eigenvalue weighted by atomic mass is 16.7. The summed E-state index contributed by atoms with van der Waals surface area (Å²) >= 11 is 0. The van der Waals surface area contributed by atoms with E-state index in [4.69, 9.17) is 9.47 Å². The summed E-state index contributed by atoms with van der Waals surface area (Å²) in [5.74, 6) is 0.433. The Kier molecular flexibility index (Phi) is 6.07. The monoisotopic (exact) mass is 451 g/mol. The van der Waals surface area contributed by atoms with Crippen LogP contribution in [-0.4, -0.2) is 29.2 Å². The molecule has 8 nitrogen and oxygen atoms in total. The second-order valence-electron chi connectivity index (χ2n) is 9.13. The van der Waals surface area contributed by atoms with E-state index in [-0.39, 0.29) is 42.5 Å². The number of ether oxygens (including phenoxy) is 2. The number of hydrogen-bond acceptors (Lipinski definition) is 5. The molecule has 2 saturated carbocycles. The third-order valence-electron chi connectivity index (χ3n) is 6.58. The van der Waals surface area contributed by atoms with Crippen molar-refractivity contribution in [3.05, 3.63) is 57.5 Å². The van der Waals surface area contributed by atoms with Gasteiger partial charge >= 0.3 is 0 Å². The number of aromatic nitrogens is 1. The Morgan fingerprint density at radius 1 is 0.909 bits per heavy atom. The second-order valence-corrected chi connectivity index (χ2v) is 9.13. The van der Waals surface area contributed by atoms with Crippen molar-refractivity contribution in [1.29, 1.82) is 0 Å². The summed E-state index contributed by atoms with van der Waals surface area (Å²) in [7, 11) is 0. The smallest absolute Gasteiger partial charge is 0.257 e. The molecular weight excluding hydrogens is 422 g/mol. The molecular formula is C25H29N3O5. The number of fused-ring (bicyclic) bond motifs is 1. The number of carbonyl (C=O) groups is 2. The van der Waals surface area contributed by atoms with Crippen molar-refractivity contribution in [2.75, 3.05) is 6.79 Å². The molecule has 0 atom stereocenters. The highest BCUT2D eigenvalue weighted by molar-refractivity contribution is 5.99. The molecule has 8 heteroatoms. The fraction of sp³-hybridized carbons (Fsp3) is 0.480. The van der Waals surface area contributed by atoms with E-state index < -0.39 is 11.3 Å². The zero-order valence-corrected chi connectivity index (χ0v) is 18.6. The topological polar surface area (TPSA) is 98.7 Å². The van der Waals surface area contributed by atoms with Crippen LogP contribution >= 0.6 is 0 Å². The van der Waals surface area contributed by atoms with Crippen LogP contribution in [0.25, 0.3) is 0 Å². The Hall–Kier alpha value is -3.29. The maximum absolute atomic E-state index is 13.1. The Balaban J connectivity index is 1.34. The molecule has 2 aromatic rings. The van der Waals surface area contributed by atoms with E-state index in [1.165, 1.54) is 12.8 Å². The molecule has 5 rings (SSSR count). The third-order valence-corrected chi connectivity index (χ3v) is 6.58. The standard InChI is InChI=1S/C25H29N3O5/c29-23-19(24(30)26-12-16-7-10-21-22(11-16)33-15-32-21)13-28(18-8-9-18)14-20(23)25(31)27-17-5-3-1-2-4-6-17/h7,10-11,13-14,17-18H,1-6,8-9,12,15H2,(H,26,30)(H,27,31). The fourth-order valence-corrected chi connectivity index (χ4v) is 4.52. The molecule has 0 saturated heterocycles. The van der Waals surface area contributed by atoms with Gasteiger partial charge in [-0.05, 0) is 43.4 Å². The fourth-order valence-electron chi connectivity index (χ4n) is 4.52. The normalized spacial score (nSPS) is 17.9. The number of carbonyl (C=O) groups excluding carboxylic acids is 2. The lowest BCUT2D eigenvalue weighted by molar-refractivity contribution is 0.0931. The summed E-state index contributed by atoms with van der Waals surface area (Å²) in [6.07, 6.45) is 11.5. The van der Waals surface area contributed by atoms with Gasteiger partial charge in [-0.25, -0.2) is 0 Å². The molecule has 2 amide bonds. The van der Waals surface area contributed by atoms with E-state index in [1.807, 2.05) is 16.7 Å². The highest BCUT2D eigenvalue weighted by Gasteiger charge is 2.28. The van der Waals surface area contributed by atoms with Crippen molar-refractivity contribution in [1.82, 2.24) is 15.2 Å². The largest absolute Gasteiger partial charge is 0.454 e. The van der Waals surface area contributed by atoms with Crippen LogP contribution in [0.3, 0.4) is 0 Å². The molecule has 1 aromatic heterocycles. The van der Waals surface area contributed by atoms with Gasteiger partial charge in [0, 0.05) is 31.0 Å². The van der Waals surface area contributed by atoms with Crippen LogP contribution in [0.2, 0.25) is 0 Å². The lowest BCUT2D eigenvalue weighted by Gasteiger charge is -2.17. The molecule has 1 aliphatic heterocycles. The van der Waals surface area contributed by atoms with Crippen molar-refractivity contribution in [2.45, 2.75) is 70.0 Å². The number of nitrogens with one attached hydrogen (secondary N) is 2. The van der Waals surface area contributed by atoms with Gasteiger partial charge in [-0.2, -0.15) is 0 Å². The van der Waals surface area contributed by atoms with Crippen LogP contribution in [0, 0.1) is 0 Å². The number of pyridine rings is 1. The van der Waals surface area contributed by atoms with E-state index in [9.17, 15) is 14.4 Å². The van der Waals surface area contributed by atoms with Gasteiger partial charge in [0.25, 0.3) is 11.8 Å². The van der Waals surface area contributed by atoms with Gasteiger partial charge in [-0.15, -0.1) is 0 Å². The SMILES string of the molecule is O=C(NCc1ccc2c(c1)OCO2)c1cn(C2CC2)cc(C(=O)NC2CCCCCC2)c1=O. The minimum Gasteiger partial charge on any atom is -0.454 e. The summed E-state index contributed by atoms with van der Waals surface area (Å²) in [6.45, 7) is 0.415. The molecule has 1 aromatic carbocycles. The van der Waals surface area contributed by atoms with Gasteiger partial charge in [-0.1, -0.05) is 31.7 Å². The Morgan fingerprint density at radius 2 is 1.61 bits per heavy atom. The minimum absolute atomic E-state index is 0.00356. The van der Waals surface area contributed by atoms with Gasteiger partial charge in [-0.3, -0.25) is 14.4 Å². The van der Waals surface area contributed by atoms with Crippen molar-refractivity contribution in [2.24, 2.45) is 0 Å². The molecule has 0 unspecified atom stereocenters. The van der Waals surface area contributed by atoms with Crippen LogP contribution in [0.1, 0.15) is 83.7 Å². The maximum atomic E-state index is 13.1. The number of amides is 2. The summed E-state index contributed by atoms with van der Waals surface area (Å²) in [5, 5.41) is 5.85. The molecule has 2 heterocycles. The van der Waals surface area contributed by atoms with E-state index in [0.29, 0.717) is 11.5 Å². The lowest BCUT2D eigenvalue weighted by atomic mass is 10.1. The Morgan fingerprint density at radius 3 is 2.33 bits per heavy atom. The molecule has 2 fully saturated rings. The number of nitrogens with zero attached hydrogens (tertiary/aromatic N) is 1. The van der Waals surface area contributed by atoms with Crippen LogP contribution in [0.15, 0.2) is 35.4 Å². The minimum atomic E-state index is -0.527. The molecule has 0 radical (unpaired) electrons. The Bertz CT molecular complexity index is 1110. The van der Waals surface area contributed by atoms with Crippen LogP contribution < -0.4 is 25.5 Å². The first-order valence-electron chi connectivity index (χ1n) is 11.8. The summed E-state index contributed by atoms with van der Waals surface area (Å²) in [4.78, 5) is 39.1. The summed E-state index contributed by atoms with van der Waals surface area (Å²) in [6, 6.07) is 5.75.